The molecule has 1 fully saturated rings. The van der Waals surface area contributed by atoms with Gasteiger partial charge in [0.15, 0.2) is 0 Å². The Morgan fingerprint density at radius 2 is 1.55 bits per heavy atom. The van der Waals surface area contributed by atoms with E-state index < -0.39 is 0 Å². The number of hydrogen-bond donors (Lipinski definition) is 1. The van der Waals surface area contributed by atoms with Crippen LogP contribution in [0.4, 0.5) is 5.69 Å². The van der Waals surface area contributed by atoms with Crippen LogP contribution in [-0.2, 0) is 0 Å². The predicted molar refractivity (Wildman–Crippen MR) is 136 cm³/mol. The van der Waals surface area contributed by atoms with Crippen LogP contribution in [-0.4, -0.2) is 23.0 Å². The maximum atomic E-state index is 5.91. The number of fused-ring (bicyclic) bond motifs is 1. The molecule has 0 bridgehead atoms. The minimum Gasteiger partial charge on any atom is -0.371 e. The molecule has 156 valence electrons. The molecule has 2 nitrogen and oxygen atoms in total. The Balaban J connectivity index is 1.55. The van der Waals surface area contributed by atoms with Gasteiger partial charge in [0.25, 0.3) is 0 Å². The lowest BCUT2D eigenvalue weighted by molar-refractivity contribution is 0.290. The second-order valence-electron chi connectivity index (χ2n) is 8.43. The third kappa shape index (κ3) is 4.28. The molecule has 1 saturated heterocycles. The normalized spacial score (nSPS) is 18.1. The van der Waals surface area contributed by atoms with Crippen LogP contribution in [0.15, 0.2) is 89.6 Å². The highest BCUT2D eigenvalue weighted by atomic mass is 32.1. The van der Waals surface area contributed by atoms with E-state index in [1.165, 1.54) is 52.4 Å². The summed E-state index contributed by atoms with van der Waals surface area (Å²) in [6, 6.07) is 25.5. The second-order valence-corrected chi connectivity index (χ2v) is 8.84. The molecule has 1 aliphatic heterocycles. The first-order chi connectivity index (χ1) is 15.3. The van der Waals surface area contributed by atoms with Gasteiger partial charge in [0.2, 0.25) is 0 Å². The van der Waals surface area contributed by atoms with E-state index >= 15 is 0 Å². The Hall–Kier alpha value is -2.91. The molecule has 0 unspecified atom stereocenters. The molecule has 0 amide bonds. The van der Waals surface area contributed by atoms with Crippen molar-refractivity contribution >= 4 is 39.7 Å². The van der Waals surface area contributed by atoms with E-state index in [0.717, 1.165) is 36.6 Å². The average molecular weight is 425 g/mol. The highest BCUT2D eigenvalue weighted by Crippen LogP contribution is 2.38. The van der Waals surface area contributed by atoms with Crippen molar-refractivity contribution in [1.29, 1.82) is 0 Å². The smallest absolute Gasteiger partial charge is 0.108 e. The number of hydrogen-bond acceptors (Lipinski definition) is 2. The van der Waals surface area contributed by atoms with Gasteiger partial charge in [-0.05, 0) is 72.2 Å². The summed E-state index contributed by atoms with van der Waals surface area (Å²) in [5, 5.41) is 6.09. The van der Waals surface area contributed by atoms with Gasteiger partial charge in [0.05, 0.1) is 0 Å². The first kappa shape index (κ1) is 20.0. The van der Waals surface area contributed by atoms with Crippen LogP contribution < -0.4 is 5.32 Å². The van der Waals surface area contributed by atoms with E-state index in [4.69, 9.17) is 12.2 Å². The molecule has 0 saturated carbocycles. The first-order valence-electron chi connectivity index (χ1n) is 11.3. The number of likely N-dealkylation sites (tertiary alicyclic amines) is 1. The van der Waals surface area contributed by atoms with Crippen molar-refractivity contribution in [3.8, 4) is 0 Å². The molecular weight excluding hydrogens is 396 g/mol. The lowest BCUT2D eigenvalue weighted by atomic mass is 10.0. The third-order valence-electron chi connectivity index (χ3n) is 6.37. The van der Waals surface area contributed by atoms with Gasteiger partial charge in [-0.2, -0.15) is 0 Å². The van der Waals surface area contributed by atoms with Crippen molar-refractivity contribution in [2.24, 2.45) is 0 Å². The van der Waals surface area contributed by atoms with Gasteiger partial charge in [-0.1, -0.05) is 72.9 Å². The molecule has 3 aromatic carbocycles. The monoisotopic (exact) mass is 424 g/mol. The molecule has 3 aromatic rings. The standard InChI is InChI=1S/C28H28N2S/c31-28(29-24-13-3-1-4-14-24)26-17-16-23(27(26)30-18-7-2-8-19-30)20-22-12-9-11-21-10-5-6-15-25(21)22/h1,3-6,9-15,20H,2,7-8,16-19H2,(H,29,31)/b23-20+. The van der Waals surface area contributed by atoms with Crippen LogP contribution in [0.1, 0.15) is 37.7 Å². The molecule has 5 rings (SSSR count). The third-order valence-corrected chi connectivity index (χ3v) is 6.71. The van der Waals surface area contributed by atoms with Crippen molar-refractivity contribution in [3.05, 3.63) is 95.2 Å². The number of allylic oxidation sites excluding steroid dienone is 1. The molecule has 1 N–H and O–H groups in total. The zero-order chi connectivity index (χ0) is 21.0. The molecule has 1 aliphatic carbocycles. The van der Waals surface area contributed by atoms with Gasteiger partial charge in [-0.15, -0.1) is 0 Å². The van der Waals surface area contributed by atoms with Gasteiger partial charge in [0, 0.05) is 30.0 Å². The summed E-state index contributed by atoms with van der Waals surface area (Å²) < 4.78 is 0. The molecule has 31 heavy (non-hydrogen) atoms. The number of anilines is 1. The number of benzene rings is 3. The number of rotatable bonds is 4. The average Bonchev–Trinajstić information content (AvgIpc) is 3.24. The fourth-order valence-corrected chi connectivity index (χ4v) is 5.17. The lowest BCUT2D eigenvalue weighted by Gasteiger charge is -2.32. The molecule has 3 heteroatoms. The quantitative estimate of drug-likeness (QED) is 0.446. The second kappa shape index (κ2) is 9.07. The highest BCUT2D eigenvalue weighted by molar-refractivity contribution is 7.81. The molecule has 0 spiro atoms. The van der Waals surface area contributed by atoms with E-state index in [9.17, 15) is 0 Å². The first-order valence-corrected chi connectivity index (χ1v) is 11.7. The van der Waals surface area contributed by atoms with Crippen molar-refractivity contribution < 1.29 is 0 Å². The summed E-state index contributed by atoms with van der Waals surface area (Å²) >= 11 is 5.91. The highest BCUT2D eigenvalue weighted by Gasteiger charge is 2.28. The van der Waals surface area contributed by atoms with Gasteiger partial charge < -0.3 is 10.2 Å². The summed E-state index contributed by atoms with van der Waals surface area (Å²) in [4.78, 5) is 3.45. The SMILES string of the molecule is S=C(Nc1ccccc1)C1=C(N2CCCCC2)/C(=C/c2cccc3ccccc23)CC1. The van der Waals surface area contributed by atoms with E-state index in [1.54, 1.807) is 0 Å². The summed E-state index contributed by atoms with van der Waals surface area (Å²) in [5.74, 6) is 0. The van der Waals surface area contributed by atoms with E-state index in [0.29, 0.717) is 0 Å². The predicted octanol–water partition coefficient (Wildman–Crippen LogP) is 7.20. The Kier molecular flexibility index (Phi) is 5.86. The van der Waals surface area contributed by atoms with E-state index in [2.05, 4.69) is 70.9 Å². The molecular formula is C28H28N2S. The van der Waals surface area contributed by atoms with E-state index in [-0.39, 0.29) is 0 Å². The lowest BCUT2D eigenvalue weighted by Crippen LogP contribution is -2.31. The van der Waals surface area contributed by atoms with Gasteiger partial charge in [-0.25, -0.2) is 0 Å². The van der Waals surface area contributed by atoms with Crippen molar-refractivity contribution in [1.82, 2.24) is 4.90 Å². The Bertz CT molecular complexity index is 1150. The number of nitrogens with zero attached hydrogens (tertiary/aromatic N) is 1. The molecule has 0 atom stereocenters. The largest absolute Gasteiger partial charge is 0.371 e. The fourth-order valence-electron chi connectivity index (χ4n) is 4.86. The molecule has 2 aliphatic rings. The van der Waals surface area contributed by atoms with Crippen LogP contribution in [0.25, 0.3) is 16.8 Å². The number of para-hydroxylation sites is 1. The summed E-state index contributed by atoms with van der Waals surface area (Å²) in [7, 11) is 0. The van der Waals surface area contributed by atoms with Gasteiger partial charge >= 0.3 is 0 Å². The minimum atomic E-state index is 0.869. The summed E-state index contributed by atoms with van der Waals surface area (Å²) in [6.45, 7) is 2.25. The maximum Gasteiger partial charge on any atom is 0.108 e. The Morgan fingerprint density at radius 3 is 2.39 bits per heavy atom. The minimum absolute atomic E-state index is 0.869. The number of thiocarbonyl (C=S) groups is 1. The Morgan fingerprint density at radius 1 is 0.806 bits per heavy atom. The number of piperidine rings is 1. The van der Waals surface area contributed by atoms with Crippen molar-refractivity contribution in [2.75, 3.05) is 18.4 Å². The Labute approximate surface area is 190 Å². The van der Waals surface area contributed by atoms with Crippen molar-refractivity contribution in [3.63, 3.8) is 0 Å². The summed E-state index contributed by atoms with van der Waals surface area (Å²) in [5.41, 5.74) is 6.45. The summed E-state index contributed by atoms with van der Waals surface area (Å²) in [6.07, 6.45) is 8.30. The van der Waals surface area contributed by atoms with Crippen molar-refractivity contribution in [2.45, 2.75) is 32.1 Å². The zero-order valence-electron chi connectivity index (χ0n) is 17.8. The van der Waals surface area contributed by atoms with Crippen LogP contribution in [0.5, 0.6) is 0 Å². The van der Waals surface area contributed by atoms with Crippen LogP contribution >= 0.6 is 12.2 Å². The topological polar surface area (TPSA) is 15.3 Å². The maximum absolute atomic E-state index is 5.91. The van der Waals surface area contributed by atoms with Gasteiger partial charge in [-0.3, -0.25) is 0 Å². The number of nitrogens with one attached hydrogen (secondary N) is 1. The molecule has 1 heterocycles. The van der Waals surface area contributed by atoms with Crippen LogP contribution in [0.3, 0.4) is 0 Å². The molecule has 0 radical (unpaired) electrons. The van der Waals surface area contributed by atoms with Gasteiger partial charge in [0.1, 0.15) is 4.99 Å². The molecule has 0 aromatic heterocycles. The van der Waals surface area contributed by atoms with Crippen LogP contribution in [0.2, 0.25) is 0 Å². The zero-order valence-corrected chi connectivity index (χ0v) is 18.6. The van der Waals surface area contributed by atoms with Crippen LogP contribution in [0, 0.1) is 0 Å². The fraction of sp³-hybridized carbons (Fsp3) is 0.250. The van der Waals surface area contributed by atoms with E-state index in [1.807, 2.05) is 18.2 Å².